The zero-order valence-electron chi connectivity index (χ0n) is 12.2. The van der Waals surface area contributed by atoms with Gasteiger partial charge in [-0.2, -0.15) is 0 Å². The molecule has 104 valence electrons. The number of carbonyl (C=O) groups is 1. The fraction of sp³-hybridized carbons (Fsp3) is 0.235. The zero-order chi connectivity index (χ0) is 14.5. The summed E-state index contributed by atoms with van der Waals surface area (Å²) in [6, 6.07) is 15.8. The highest BCUT2D eigenvalue weighted by Crippen LogP contribution is 2.21. The van der Waals surface area contributed by atoms with E-state index in [0.29, 0.717) is 5.56 Å². The van der Waals surface area contributed by atoms with Crippen molar-refractivity contribution in [2.75, 3.05) is 19.4 Å². The molecule has 0 aliphatic rings. The molecule has 2 aromatic rings. The zero-order valence-corrected chi connectivity index (χ0v) is 12.2. The van der Waals surface area contributed by atoms with Crippen LogP contribution < -0.4 is 5.32 Å². The Morgan fingerprint density at radius 3 is 2.30 bits per heavy atom. The molecular formula is C17H20N2O. The van der Waals surface area contributed by atoms with E-state index in [1.807, 2.05) is 36.4 Å². The van der Waals surface area contributed by atoms with Gasteiger partial charge in [0.2, 0.25) is 0 Å². The molecule has 0 amide bonds. The maximum absolute atomic E-state index is 11.6. The molecule has 0 heterocycles. The van der Waals surface area contributed by atoms with E-state index in [4.69, 9.17) is 0 Å². The molecule has 3 heteroatoms. The minimum absolute atomic E-state index is 0.0670. The van der Waals surface area contributed by atoms with E-state index < -0.39 is 0 Å². The van der Waals surface area contributed by atoms with Crippen LogP contribution in [0.2, 0.25) is 0 Å². The van der Waals surface area contributed by atoms with Gasteiger partial charge >= 0.3 is 0 Å². The second-order valence-electron chi connectivity index (χ2n) is 5.16. The number of ketones is 1. The maximum atomic E-state index is 11.6. The van der Waals surface area contributed by atoms with Crippen molar-refractivity contribution in [1.82, 2.24) is 4.90 Å². The Morgan fingerprint density at radius 1 is 1.05 bits per heavy atom. The molecule has 0 saturated heterocycles. The summed E-state index contributed by atoms with van der Waals surface area (Å²) in [5.74, 6) is 0.0670. The summed E-state index contributed by atoms with van der Waals surface area (Å²) >= 11 is 0. The van der Waals surface area contributed by atoms with Crippen LogP contribution in [-0.4, -0.2) is 24.8 Å². The van der Waals surface area contributed by atoms with Gasteiger partial charge < -0.3 is 10.2 Å². The summed E-state index contributed by atoms with van der Waals surface area (Å²) in [4.78, 5) is 13.7. The smallest absolute Gasteiger partial charge is 0.161 e. The lowest BCUT2D eigenvalue weighted by Gasteiger charge is -2.12. The number of hydrogen-bond acceptors (Lipinski definition) is 3. The topological polar surface area (TPSA) is 32.3 Å². The van der Waals surface area contributed by atoms with E-state index in [9.17, 15) is 4.79 Å². The second kappa shape index (κ2) is 6.35. The highest BCUT2D eigenvalue weighted by molar-refractivity contribution is 6.00. The third kappa shape index (κ3) is 3.68. The van der Waals surface area contributed by atoms with Gasteiger partial charge in [-0.25, -0.2) is 0 Å². The Hall–Kier alpha value is -2.13. The first-order chi connectivity index (χ1) is 9.56. The van der Waals surface area contributed by atoms with Gasteiger partial charge in [0.1, 0.15) is 0 Å². The summed E-state index contributed by atoms with van der Waals surface area (Å²) in [6.45, 7) is 2.50. The third-order valence-corrected chi connectivity index (χ3v) is 3.04. The quantitative estimate of drug-likeness (QED) is 0.839. The van der Waals surface area contributed by atoms with E-state index in [-0.39, 0.29) is 5.78 Å². The normalized spacial score (nSPS) is 10.6. The largest absolute Gasteiger partial charge is 0.355 e. The third-order valence-electron chi connectivity index (χ3n) is 3.04. The highest BCUT2D eigenvalue weighted by Gasteiger charge is 2.06. The van der Waals surface area contributed by atoms with Gasteiger partial charge in [-0.3, -0.25) is 4.79 Å². The van der Waals surface area contributed by atoms with Gasteiger partial charge in [0.05, 0.1) is 0 Å². The Labute approximate surface area is 120 Å². The van der Waals surface area contributed by atoms with Crippen molar-refractivity contribution in [3.05, 3.63) is 59.7 Å². The van der Waals surface area contributed by atoms with E-state index in [1.54, 1.807) is 6.92 Å². The van der Waals surface area contributed by atoms with Crippen molar-refractivity contribution in [2.45, 2.75) is 13.5 Å². The van der Waals surface area contributed by atoms with Crippen molar-refractivity contribution in [3.8, 4) is 0 Å². The maximum Gasteiger partial charge on any atom is 0.161 e. The molecule has 0 saturated carbocycles. The number of anilines is 2. The Morgan fingerprint density at radius 2 is 1.70 bits per heavy atom. The molecule has 20 heavy (non-hydrogen) atoms. The van der Waals surface area contributed by atoms with Crippen molar-refractivity contribution in [2.24, 2.45) is 0 Å². The number of nitrogens with one attached hydrogen (secondary N) is 1. The van der Waals surface area contributed by atoms with Crippen molar-refractivity contribution >= 4 is 17.2 Å². The number of Topliss-reactive ketones (excluding diaryl/α,β-unsaturated/α-hetero) is 1. The SMILES string of the molecule is CC(=O)c1ccccc1Nc1ccc(CN(C)C)cc1. The van der Waals surface area contributed by atoms with Crippen molar-refractivity contribution < 1.29 is 4.79 Å². The number of rotatable bonds is 5. The predicted octanol–water partition coefficient (Wildman–Crippen LogP) is 3.69. The lowest BCUT2D eigenvalue weighted by molar-refractivity contribution is 0.101. The molecule has 0 atom stereocenters. The van der Waals surface area contributed by atoms with E-state index >= 15 is 0 Å². The molecule has 0 aliphatic heterocycles. The minimum atomic E-state index is 0.0670. The highest BCUT2D eigenvalue weighted by atomic mass is 16.1. The molecule has 0 bridgehead atoms. The summed E-state index contributed by atoms with van der Waals surface area (Å²) in [5.41, 5.74) is 3.81. The molecule has 0 fully saturated rings. The van der Waals surface area contributed by atoms with Crippen LogP contribution in [0.1, 0.15) is 22.8 Å². The van der Waals surface area contributed by atoms with Crippen molar-refractivity contribution in [1.29, 1.82) is 0 Å². The first kappa shape index (κ1) is 14.3. The van der Waals surface area contributed by atoms with Crippen LogP contribution >= 0.6 is 0 Å². The lowest BCUT2D eigenvalue weighted by atomic mass is 10.1. The van der Waals surface area contributed by atoms with Crippen LogP contribution in [0.25, 0.3) is 0 Å². The average molecular weight is 268 g/mol. The van der Waals surface area contributed by atoms with Crippen LogP contribution in [0, 0.1) is 0 Å². The van der Waals surface area contributed by atoms with Gasteiger partial charge in [-0.15, -0.1) is 0 Å². The molecule has 2 rings (SSSR count). The summed E-state index contributed by atoms with van der Waals surface area (Å²) in [7, 11) is 4.10. The van der Waals surface area contributed by atoms with E-state index in [2.05, 4.69) is 36.4 Å². The summed E-state index contributed by atoms with van der Waals surface area (Å²) in [6.07, 6.45) is 0. The average Bonchev–Trinajstić information content (AvgIpc) is 2.41. The van der Waals surface area contributed by atoms with Gasteiger partial charge in [-0.05, 0) is 50.8 Å². The second-order valence-corrected chi connectivity index (χ2v) is 5.16. The van der Waals surface area contributed by atoms with E-state index in [1.165, 1.54) is 5.56 Å². The number of nitrogens with zero attached hydrogens (tertiary/aromatic N) is 1. The molecule has 0 radical (unpaired) electrons. The first-order valence-corrected chi connectivity index (χ1v) is 6.67. The molecule has 0 spiro atoms. The van der Waals surface area contributed by atoms with Crippen LogP contribution in [0.5, 0.6) is 0 Å². The number of para-hydroxylation sites is 1. The fourth-order valence-corrected chi connectivity index (χ4v) is 2.11. The number of benzene rings is 2. The standard InChI is InChI=1S/C17H20N2O/c1-13(20)16-6-4-5-7-17(16)18-15-10-8-14(9-11-15)12-19(2)3/h4-11,18H,12H2,1-3H3. The number of hydrogen-bond donors (Lipinski definition) is 1. The molecule has 0 aromatic heterocycles. The molecule has 1 N–H and O–H groups in total. The predicted molar refractivity (Wildman–Crippen MR) is 83.6 cm³/mol. The van der Waals surface area contributed by atoms with Gasteiger partial charge in [-0.1, -0.05) is 24.3 Å². The number of carbonyl (C=O) groups excluding carboxylic acids is 1. The van der Waals surface area contributed by atoms with Crippen LogP contribution in [0.4, 0.5) is 11.4 Å². The van der Waals surface area contributed by atoms with Gasteiger partial charge in [0, 0.05) is 23.5 Å². The Balaban J connectivity index is 2.16. The van der Waals surface area contributed by atoms with Crippen LogP contribution in [0.3, 0.4) is 0 Å². The van der Waals surface area contributed by atoms with Gasteiger partial charge in [0.15, 0.2) is 5.78 Å². The lowest BCUT2D eigenvalue weighted by Crippen LogP contribution is -2.10. The first-order valence-electron chi connectivity index (χ1n) is 6.67. The molecular weight excluding hydrogens is 248 g/mol. The Bertz CT molecular complexity index is 588. The Kier molecular flexibility index (Phi) is 4.53. The van der Waals surface area contributed by atoms with Gasteiger partial charge in [0.25, 0.3) is 0 Å². The monoisotopic (exact) mass is 268 g/mol. The molecule has 0 aliphatic carbocycles. The van der Waals surface area contributed by atoms with Crippen LogP contribution in [0.15, 0.2) is 48.5 Å². The van der Waals surface area contributed by atoms with Crippen LogP contribution in [-0.2, 0) is 6.54 Å². The van der Waals surface area contributed by atoms with Crippen molar-refractivity contribution in [3.63, 3.8) is 0 Å². The molecule has 2 aromatic carbocycles. The molecule has 0 unspecified atom stereocenters. The minimum Gasteiger partial charge on any atom is -0.355 e. The summed E-state index contributed by atoms with van der Waals surface area (Å²) < 4.78 is 0. The summed E-state index contributed by atoms with van der Waals surface area (Å²) in [5, 5.41) is 3.30. The fourth-order valence-electron chi connectivity index (χ4n) is 2.11. The van der Waals surface area contributed by atoms with E-state index in [0.717, 1.165) is 17.9 Å². The molecule has 3 nitrogen and oxygen atoms in total.